The number of amides is 2. The summed E-state index contributed by atoms with van der Waals surface area (Å²) in [4.78, 5) is 12.7. The van der Waals surface area contributed by atoms with Gasteiger partial charge >= 0.3 is 6.03 Å². The van der Waals surface area contributed by atoms with Gasteiger partial charge in [-0.1, -0.05) is 31.2 Å². The van der Waals surface area contributed by atoms with Gasteiger partial charge in [0.25, 0.3) is 0 Å². The second kappa shape index (κ2) is 9.55. The van der Waals surface area contributed by atoms with Crippen LogP contribution in [0.15, 0.2) is 48.5 Å². The highest BCUT2D eigenvalue weighted by Gasteiger charge is 2.29. The minimum absolute atomic E-state index is 0.114. The quantitative estimate of drug-likeness (QED) is 0.736. The van der Waals surface area contributed by atoms with Crippen molar-refractivity contribution in [3.05, 3.63) is 65.5 Å². The predicted octanol–water partition coefficient (Wildman–Crippen LogP) is 4.50. The van der Waals surface area contributed by atoms with E-state index in [0.29, 0.717) is 6.61 Å². The number of hydrogen-bond acceptors (Lipinski definition) is 3. The van der Waals surface area contributed by atoms with Crippen LogP contribution in [-0.2, 0) is 4.74 Å². The number of urea groups is 1. The zero-order valence-corrected chi connectivity index (χ0v) is 16.3. The molecule has 6 heteroatoms. The van der Waals surface area contributed by atoms with Gasteiger partial charge in [0.1, 0.15) is 11.6 Å². The van der Waals surface area contributed by atoms with Crippen LogP contribution in [0.3, 0.4) is 0 Å². The lowest BCUT2D eigenvalue weighted by Crippen LogP contribution is -2.43. The summed E-state index contributed by atoms with van der Waals surface area (Å²) in [6.07, 6.45) is 2.45. The Labute approximate surface area is 165 Å². The van der Waals surface area contributed by atoms with Crippen molar-refractivity contribution in [3.63, 3.8) is 0 Å². The predicted molar refractivity (Wildman–Crippen MR) is 106 cm³/mol. The van der Waals surface area contributed by atoms with E-state index in [1.807, 2.05) is 31.2 Å². The highest BCUT2D eigenvalue weighted by molar-refractivity contribution is 5.75. The third-order valence-electron chi connectivity index (χ3n) is 5.08. The summed E-state index contributed by atoms with van der Waals surface area (Å²) < 4.78 is 24.3. The van der Waals surface area contributed by atoms with Gasteiger partial charge in [-0.05, 0) is 54.7 Å². The van der Waals surface area contributed by atoms with E-state index in [1.165, 1.54) is 12.1 Å². The molecule has 28 heavy (non-hydrogen) atoms. The van der Waals surface area contributed by atoms with E-state index in [2.05, 4.69) is 10.6 Å². The first-order valence-corrected chi connectivity index (χ1v) is 9.68. The number of nitrogens with one attached hydrogen (secondary N) is 2. The standard InChI is InChI=1S/C22H27FN2O3/c1-3-19(15-8-12-18(27-2)13-9-15)24-22(26)25-21(20-5-4-14-28-20)16-6-10-17(23)11-7-16/h6-13,19-21H,3-5,14H2,1-2H3,(H2,24,25,26). The monoisotopic (exact) mass is 386 g/mol. The van der Waals surface area contributed by atoms with Gasteiger partial charge in [-0.15, -0.1) is 0 Å². The van der Waals surface area contributed by atoms with E-state index < -0.39 is 0 Å². The van der Waals surface area contributed by atoms with E-state index in [1.54, 1.807) is 19.2 Å². The number of methoxy groups -OCH3 is 1. The van der Waals surface area contributed by atoms with E-state index in [9.17, 15) is 9.18 Å². The van der Waals surface area contributed by atoms with Gasteiger partial charge in [-0.3, -0.25) is 0 Å². The first-order chi connectivity index (χ1) is 13.6. The topological polar surface area (TPSA) is 59.6 Å². The normalized spacial score (nSPS) is 18.3. The molecule has 0 spiro atoms. The molecule has 1 heterocycles. The highest BCUT2D eigenvalue weighted by atomic mass is 19.1. The Morgan fingerprint density at radius 2 is 1.82 bits per heavy atom. The van der Waals surface area contributed by atoms with Gasteiger partial charge in [-0.2, -0.15) is 0 Å². The average molecular weight is 386 g/mol. The largest absolute Gasteiger partial charge is 0.497 e. The van der Waals surface area contributed by atoms with Crippen LogP contribution in [0, 0.1) is 5.82 Å². The van der Waals surface area contributed by atoms with E-state index in [4.69, 9.17) is 9.47 Å². The smallest absolute Gasteiger partial charge is 0.315 e. The Hall–Kier alpha value is -2.60. The summed E-state index contributed by atoms with van der Waals surface area (Å²) in [6.45, 7) is 2.70. The molecular weight excluding hydrogens is 359 g/mol. The van der Waals surface area contributed by atoms with Crippen LogP contribution in [0.2, 0.25) is 0 Å². The molecule has 2 aromatic rings. The summed E-state index contributed by atoms with van der Waals surface area (Å²) >= 11 is 0. The SMILES string of the molecule is CCC(NC(=O)NC(c1ccc(F)cc1)C1CCCO1)c1ccc(OC)cc1. The molecule has 150 valence electrons. The Balaban J connectivity index is 1.70. The van der Waals surface area contributed by atoms with Gasteiger partial charge < -0.3 is 20.1 Å². The fraction of sp³-hybridized carbons (Fsp3) is 0.409. The molecule has 0 bridgehead atoms. The number of carbonyl (C=O) groups excluding carboxylic acids is 1. The molecule has 2 amide bonds. The number of halogens is 1. The molecule has 1 aliphatic heterocycles. The van der Waals surface area contributed by atoms with E-state index >= 15 is 0 Å². The molecule has 0 radical (unpaired) electrons. The third-order valence-corrected chi connectivity index (χ3v) is 5.08. The summed E-state index contributed by atoms with van der Waals surface area (Å²) in [5, 5.41) is 6.06. The molecule has 1 saturated heterocycles. The second-order valence-electron chi connectivity index (χ2n) is 6.93. The lowest BCUT2D eigenvalue weighted by Gasteiger charge is -2.26. The number of benzene rings is 2. The molecule has 0 aliphatic carbocycles. The molecule has 0 saturated carbocycles. The maximum absolute atomic E-state index is 13.3. The van der Waals surface area contributed by atoms with Crippen molar-refractivity contribution < 1.29 is 18.7 Å². The van der Waals surface area contributed by atoms with Crippen LogP contribution >= 0.6 is 0 Å². The minimum Gasteiger partial charge on any atom is -0.497 e. The van der Waals surface area contributed by atoms with Crippen molar-refractivity contribution in [1.29, 1.82) is 0 Å². The zero-order chi connectivity index (χ0) is 19.9. The van der Waals surface area contributed by atoms with E-state index in [0.717, 1.165) is 36.1 Å². The summed E-state index contributed by atoms with van der Waals surface area (Å²) in [5.74, 6) is 0.475. The molecule has 3 rings (SSSR count). The number of rotatable bonds is 7. The number of ether oxygens (including phenoxy) is 2. The van der Waals surface area contributed by atoms with Gasteiger partial charge in [0.15, 0.2) is 0 Å². The lowest BCUT2D eigenvalue weighted by atomic mass is 9.99. The number of carbonyl (C=O) groups is 1. The Morgan fingerprint density at radius 1 is 1.14 bits per heavy atom. The molecule has 2 aromatic carbocycles. The maximum Gasteiger partial charge on any atom is 0.315 e. The van der Waals surface area contributed by atoms with Crippen LogP contribution in [0.4, 0.5) is 9.18 Å². The van der Waals surface area contributed by atoms with Crippen molar-refractivity contribution in [3.8, 4) is 5.75 Å². The molecule has 1 aliphatic rings. The van der Waals surface area contributed by atoms with Crippen LogP contribution in [0.25, 0.3) is 0 Å². The Kier molecular flexibility index (Phi) is 6.87. The van der Waals surface area contributed by atoms with Crippen molar-refractivity contribution >= 4 is 6.03 Å². The Bertz CT molecular complexity index is 758. The molecule has 1 fully saturated rings. The fourth-order valence-electron chi connectivity index (χ4n) is 3.52. The maximum atomic E-state index is 13.3. The van der Waals surface area contributed by atoms with Gasteiger partial charge in [0, 0.05) is 6.61 Å². The highest BCUT2D eigenvalue weighted by Crippen LogP contribution is 2.27. The summed E-state index contributed by atoms with van der Waals surface area (Å²) in [6, 6.07) is 13.2. The first-order valence-electron chi connectivity index (χ1n) is 9.68. The minimum atomic E-state index is -0.323. The molecule has 3 atom stereocenters. The van der Waals surface area contributed by atoms with Crippen molar-refractivity contribution in [2.75, 3.05) is 13.7 Å². The zero-order valence-electron chi connectivity index (χ0n) is 16.3. The van der Waals surface area contributed by atoms with Crippen LogP contribution < -0.4 is 15.4 Å². The molecule has 2 N–H and O–H groups in total. The Morgan fingerprint density at radius 3 is 2.39 bits per heavy atom. The number of hydrogen-bond donors (Lipinski definition) is 2. The molecular formula is C22H27FN2O3. The lowest BCUT2D eigenvalue weighted by molar-refractivity contribution is 0.0805. The summed E-state index contributed by atoms with van der Waals surface area (Å²) in [7, 11) is 1.62. The van der Waals surface area contributed by atoms with Gasteiger partial charge in [-0.25, -0.2) is 9.18 Å². The van der Waals surface area contributed by atoms with Crippen molar-refractivity contribution in [2.24, 2.45) is 0 Å². The fourth-order valence-corrected chi connectivity index (χ4v) is 3.52. The molecule has 5 nitrogen and oxygen atoms in total. The van der Waals surface area contributed by atoms with Crippen LogP contribution in [0.5, 0.6) is 5.75 Å². The van der Waals surface area contributed by atoms with Crippen molar-refractivity contribution in [2.45, 2.75) is 44.4 Å². The van der Waals surface area contributed by atoms with Crippen molar-refractivity contribution in [1.82, 2.24) is 10.6 Å². The molecule has 0 aromatic heterocycles. The first kappa shape index (κ1) is 20.1. The average Bonchev–Trinajstić information content (AvgIpc) is 3.26. The summed E-state index contributed by atoms with van der Waals surface area (Å²) in [5.41, 5.74) is 1.84. The van der Waals surface area contributed by atoms with Gasteiger partial charge in [0.2, 0.25) is 0 Å². The van der Waals surface area contributed by atoms with Gasteiger partial charge in [0.05, 0.1) is 25.3 Å². The van der Waals surface area contributed by atoms with Crippen LogP contribution in [0.1, 0.15) is 49.4 Å². The van der Waals surface area contributed by atoms with E-state index in [-0.39, 0.29) is 30.0 Å². The van der Waals surface area contributed by atoms with Crippen LogP contribution in [-0.4, -0.2) is 25.9 Å². The molecule has 3 unspecified atom stereocenters. The third kappa shape index (κ3) is 5.01. The second-order valence-corrected chi connectivity index (χ2v) is 6.93.